The second-order valence-corrected chi connectivity index (χ2v) is 14.2. The van der Waals surface area contributed by atoms with Gasteiger partial charge in [-0.2, -0.15) is 0 Å². The second kappa shape index (κ2) is 36.0. The molecular weight excluding hydrogens is 641 g/mol. The minimum atomic E-state index is -4.38. The zero-order valence-electron chi connectivity index (χ0n) is 31.2. The molecular formula is C39H72NO8P. The molecule has 3 N–H and O–H groups in total. The summed E-state index contributed by atoms with van der Waals surface area (Å²) < 4.78 is 32.6. The van der Waals surface area contributed by atoms with E-state index in [1.807, 2.05) is 0 Å². The lowest BCUT2D eigenvalue weighted by molar-refractivity contribution is -0.161. The predicted molar refractivity (Wildman–Crippen MR) is 201 cm³/mol. The van der Waals surface area contributed by atoms with Gasteiger partial charge in [-0.05, 0) is 64.2 Å². The summed E-state index contributed by atoms with van der Waals surface area (Å²) in [5, 5.41) is 0. The predicted octanol–water partition coefficient (Wildman–Crippen LogP) is 10.6. The average molecular weight is 714 g/mol. The Morgan fingerprint density at radius 2 is 1.08 bits per heavy atom. The maximum absolute atomic E-state index is 12.5. The number of hydrogen-bond acceptors (Lipinski definition) is 8. The number of carbonyl (C=O) groups is 2. The molecule has 0 amide bonds. The van der Waals surface area contributed by atoms with Gasteiger partial charge in [-0.15, -0.1) is 0 Å². The van der Waals surface area contributed by atoms with Crippen molar-refractivity contribution < 1.29 is 37.6 Å². The van der Waals surface area contributed by atoms with Crippen LogP contribution in [0.3, 0.4) is 0 Å². The normalized spacial score (nSPS) is 13.8. The third-order valence-corrected chi connectivity index (χ3v) is 8.98. The van der Waals surface area contributed by atoms with E-state index in [0.717, 1.165) is 83.5 Å². The van der Waals surface area contributed by atoms with Crippen molar-refractivity contribution in [3.8, 4) is 0 Å². The number of unbranched alkanes of at least 4 members (excludes halogenated alkanes) is 17. The first-order chi connectivity index (χ1) is 23.8. The fourth-order valence-corrected chi connectivity index (χ4v) is 5.82. The van der Waals surface area contributed by atoms with Crippen molar-refractivity contribution in [1.82, 2.24) is 0 Å². The number of nitrogens with two attached hydrogens (primary N) is 1. The van der Waals surface area contributed by atoms with E-state index in [2.05, 4.69) is 50.3 Å². The van der Waals surface area contributed by atoms with E-state index < -0.39 is 32.5 Å². The van der Waals surface area contributed by atoms with E-state index in [1.54, 1.807) is 0 Å². The van der Waals surface area contributed by atoms with Crippen LogP contribution in [0.1, 0.15) is 168 Å². The number of phosphoric acid groups is 1. The van der Waals surface area contributed by atoms with Gasteiger partial charge in [0.25, 0.3) is 0 Å². The molecule has 9 nitrogen and oxygen atoms in total. The molecule has 1 unspecified atom stereocenters. The Balaban J connectivity index is 4.25. The monoisotopic (exact) mass is 713 g/mol. The molecule has 286 valence electrons. The van der Waals surface area contributed by atoms with Gasteiger partial charge in [0.1, 0.15) is 6.61 Å². The van der Waals surface area contributed by atoms with Gasteiger partial charge in [0.2, 0.25) is 0 Å². The van der Waals surface area contributed by atoms with E-state index in [1.165, 1.54) is 51.4 Å². The van der Waals surface area contributed by atoms with Crippen molar-refractivity contribution >= 4 is 19.8 Å². The first-order valence-corrected chi connectivity index (χ1v) is 21.0. The van der Waals surface area contributed by atoms with E-state index in [0.29, 0.717) is 6.42 Å². The maximum Gasteiger partial charge on any atom is 0.472 e. The van der Waals surface area contributed by atoms with E-state index in [-0.39, 0.29) is 32.6 Å². The highest BCUT2D eigenvalue weighted by molar-refractivity contribution is 7.47. The zero-order chi connectivity index (χ0) is 36.1. The quantitative estimate of drug-likeness (QED) is 0.0281. The van der Waals surface area contributed by atoms with Crippen LogP contribution in [-0.4, -0.2) is 49.3 Å². The van der Waals surface area contributed by atoms with E-state index in [4.69, 9.17) is 24.3 Å². The van der Waals surface area contributed by atoms with Crippen LogP contribution in [0.2, 0.25) is 0 Å². The molecule has 0 aliphatic carbocycles. The van der Waals surface area contributed by atoms with Gasteiger partial charge < -0.3 is 20.1 Å². The Bertz CT molecular complexity index is 907. The largest absolute Gasteiger partial charge is 0.472 e. The van der Waals surface area contributed by atoms with Crippen molar-refractivity contribution in [3.63, 3.8) is 0 Å². The zero-order valence-corrected chi connectivity index (χ0v) is 32.1. The summed E-state index contributed by atoms with van der Waals surface area (Å²) in [5.41, 5.74) is 5.33. The highest BCUT2D eigenvalue weighted by atomic mass is 31.2. The number of phosphoric ester groups is 1. The molecule has 0 heterocycles. The molecule has 0 spiro atoms. The first kappa shape index (κ1) is 47.2. The van der Waals surface area contributed by atoms with Crippen LogP contribution >= 0.6 is 7.82 Å². The lowest BCUT2D eigenvalue weighted by Crippen LogP contribution is -2.29. The molecule has 0 saturated carbocycles. The van der Waals surface area contributed by atoms with Crippen LogP contribution in [0.4, 0.5) is 0 Å². The van der Waals surface area contributed by atoms with Gasteiger partial charge in [-0.25, -0.2) is 4.57 Å². The Kier molecular flexibility index (Phi) is 34.7. The molecule has 0 rings (SSSR count). The lowest BCUT2D eigenvalue weighted by atomic mass is 10.1. The Hall–Kier alpha value is -1.77. The van der Waals surface area contributed by atoms with Crippen molar-refractivity contribution in [2.24, 2.45) is 5.73 Å². The van der Waals surface area contributed by atoms with Crippen LogP contribution in [0.15, 0.2) is 36.5 Å². The molecule has 0 radical (unpaired) electrons. The average Bonchev–Trinajstić information content (AvgIpc) is 3.08. The SMILES string of the molecule is CCCC/C=C\C/C=C\CCCCCCCC(=O)O[C@H](COC(=O)CCCCCCC/C=C\CCCCCCC)COP(=O)(O)OCCN. The topological polar surface area (TPSA) is 134 Å². The molecule has 0 aromatic carbocycles. The minimum Gasteiger partial charge on any atom is -0.462 e. The smallest absolute Gasteiger partial charge is 0.462 e. The van der Waals surface area contributed by atoms with Crippen molar-refractivity contribution in [3.05, 3.63) is 36.5 Å². The number of esters is 2. The van der Waals surface area contributed by atoms with Crippen LogP contribution in [0.25, 0.3) is 0 Å². The number of rotatable bonds is 36. The standard InChI is InChI=1S/C39H72NO8P/c1-3-5-7-9-11-13-15-17-19-21-23-25-27-29-31-38(41)45-35-37(36-47-49(43,44)46-34-33-40)48-39(42)32-30-28-26-24-22-20-18-16-14-12-10-8-6-4-2/h10,12,15-18,37H,3-9,11,13-14,19-36,40H2,1-2H3,(H,43,44)/b12-10-,17-15-,18-16-/t37-/m1/s1. The highest BCUT2D eigenvalue weighted by Crippen LogP contribution is 2.43. The molecule has 0 aliphatic heterocycles. The van der Waals surface area contributed by atoms with Crippen LogP contribution < -0.4 is 5.73 Å². The van der Waals surface area contributed by atoms with Gasteiger partial charge in [-0.1, -0.05) is 127 Å². The summed E-state index contributed by atoms with van der Waals surface area (Å²) in [6.07, 6.45) is 37.4. The van der Waals surface area contributed by atoms with Gasteiger partial charge in [-0.3, -0.25) is 18.6 Å². The van der Waals surface area contributed by atoms with Crippen LogP contribution in [-0.2, 0) is 32.7 Å². The molecule has 10 heteroatoms. The summed E-state index contributed by atoms with van der Waals surface area (Å²) >= 11 is 0. The number of hydrogen-bond donors (Lipinski definition) is 2. The molecule has 0 aliphatic rings. The van der Waals surface area contributed by atoms with Crippen LogP contribution in [0, 0.1) is 0 Å². The molecule has 2 atom stereocenters. The first-order valence-electron chi connectivity index (χ1n) is 19.5. The molecule has 0 aromatic heterocycles. The maximum atomic E-state index is 12.5. The van der Waals surface area contributed by atoms with Crippen molar-refractivity contribution in [1.29, 1.82) is 0 Å². The Labute approximate surface area is 299 Å². The van der Waals surface area contributed by atoms with Gasteiger partial charge in [0.15, 0.2) is 6.10 Å². The summed E-state index contributed by atoms with van der Waals surface area (Å²) in [6, 6.07) is 0. The third-order valence-electron chi connectivity index (χ3n) is 8.00. The summed E-state index contributed by atoms with van der Waals surface area (Å²) in [7, 11) is -4.38. The van der Waals surface area contributed by atoms with E-state index >= 15 is 0 Å². The summed E-state index contributed by atoms with van der Waals surface area (Å²) in [6.45, 7) is 3.64. The summed E-state index contributed by atoms with van der Waals surface area (Å²) in [5.74, 6) is -0.857. The Morgan fingerprint density at radius 3 is 1.63 bits per heavy atom. The van der Waals surface area contributed by atoms with Gasteiger partial charge >= 0.3 is 19.8 Å². The molecule has 0 saturated heterocycles. The van der Waals surface area contributed by atoms with E-state index in [9.17, 15) is 19.0 Å². The molecule has 0 fully saturated rings. The molecule has 0 aromatic rings. The third kappa shape index (κ3) is 35.8. The van der Waals surface area contributed by atoms with Crippen LogP contribution in [0.5, 0.6) is 0 Å². The van der Waals surface area contributed by atoms with Crippen molar-refractivity contribution in [2.45, 2.75) is 174 Å². The summed E-state index contributed by atoms with van der Waals surface area (Å²) in [4.78, 5) is 34.7. The fraction of sp³-hybridized carbons (Fsp3) is 0.795. The Morgan fingerprint density at radius 1 is 0.612 bits per heavy atom. The second-order valence-electron chi connectivity index (χ2n) is 12.8. The number of allylic oxidation sites excluding steroid dienone is 6. The molecule has 0 bridgehead atoms. The van der Waals surface area contributed by atoms with Gasteiger partial charge in [0, 0.05) is 19.4 Å². The van der Waals surface area contributed by atoms with Crippen molar-refractivity contribution in [2.75, 3.05) is 26.4 Å². The molecule has 49 heavy (non-hydrogen) atoms. The highest BCUT2D eigenvalue weighted by Gasteiger charge is 2.25. The van der Waals surface area contributed by atoms with Gasteiger partial charge in [0.05, 0.1) is 13.2 Å². The lowest BCUT2D eigenvalue weighted by Gasteiger charge is -2.19. The number of carbonyl (C=O) groups excluding carboxylic acids is 2. The fourth-order valence-electron chi connectivity index (χ4n) is 5.06. The number of ether oxygens (including phenoxy) is 2. The minimum absolute atomic E-state index is 0.0493.